The smallest absolute Gasteiger partial charge is 0.340 e. The molecule has 0 fully saturated rings. The number of phosphoric acid groups is 1. The fourth-order valence-corrected chi connectivity index (χ4v) is 6.04. The van der Waals surface area contributed by atoms with Gasteiger partial charge in [-0.1, -0.05) is 66.7 Å². The molecular weight excluding hydrogens is 697 g/mol. The molecule has 6 aromatic rings. The van der Waals surface area contributed by atoms with Crippen LogP contribution in [0.5, 0.6) is 0 Å². The van der Waals surface area contributed by atoms with Gasteiger partial charge in [0.2, 0.25) is 0 Å². The summed E-state index contributed by atoms with van der Waals surface area (Å²) in [6.07, 6.45) is -8.02. The van der Waals surface area contributed by atoms with E-state index in [1.54, 1.807) is 48.5 Å². The van der Waals surface area contributed by atoms with Crippen LogP contribution in [-0.4, -0.2) is 15.0 Å². The SMILES string of the molecule is O=P(OCc1ccccc1)(OCc1ccccc1)OCc1nc(Nc2ccc(C(F)(F)F)cc2)c2ccc(-c3ncccc3C(F)(F)F)cc2n1. The van der Waals surface area contributed by atoms with Crippen LogP contribution < -0.4 is 5.32 Å². The highest BCUT2D eigenvalue weighted by atomic mass is 31.2. The summed E-state index contributed by atoms with van der Waals surface area (Å²) in [7, 11) is -4.30. The van der Waals surface area contributed by atoms with Crippen molar-refractivity contribution in [3.05, 3.63) is 150 Å². The molecule has 0 aliphatic rings. The number of phosphoric ester groups is 1. The third-order valence-electron chi connectivity index (χ3n) is 7.42. The number of pyridine rings is 1. The summed E-state index contributed by atoms with van der Waals surface area (Å²) in [6, 6.07) is 28.3. The predicted molar refractivity (Wildman–Crippen MR) is 177 cm³/mol. The van der Waals surface area contributed by atoms with Crippen LogP contribution in [0.1, 0.15) is 28.1 Å². The van der Waals surface area contributed by atoms with E-state index in [0.717, 1.165) is 18.2 Å². The van der Waals surface area contributed by atoms with E-state index in [9.17, 15) is 30.9 Å². The van der Waals surface area contributed by atoms with E-state index in [-0.39, 0.29) is 47.3 Å². The van der Waals surface area contributed by atoms with Crippen molar-refractivity contribution in [3.63, 3.8) is 0 Å². The summed E-state index contributed by atoms with van der Waals surface area (Å²) in [4.78, 5) is 12.9. The van der Waals surface area contributed by atoms with E-state index in [2.05, 4.69) is 20.3 Å². The number of benzene rings is 4. The number of hydrogen-bond acceptors (Lipinski definition) is 8. The Morgan fingerprint density at radius 1 is 0.647 bits per heavy atom. The normalized spacial score (nSPS) is 12.3. The average Bonchev–Trinajstić information content (AvgIpc) is 3.12. The molecule has 0 spiro atoms. The standard InChI is InChI=1S/C36H27F6N4O4P/c37-35(38,39)27-14-16-28(17-15-27)44-34-29-18-13-26(33-30(36(40,41)42)12-7-19-43-33)20-31(29)45-32(46-34)23-50-51(47,48-21-24-8-3-1-4-9-24)49-22-25-10-5-2-6-11-25/h1-20H,21-23H2,(H,44,45,46). The topological polar surface area (TPSA) is 95.5 Å². The van der Waals surface area contributed by atoms with Crippen LogP contribution in [0.4, 0.5) is 37.8 Å². The van der Waals surface area contributed by atoms with Crippen molar-refractivity contribution in [2.75, 3.05) is 5.32 Å². The van der Waals surface area contributed by atoms with Gasteiger partial charge >= 0.3 is 20.2 Å². The van der Waals surface area contributed by atoms with Crippen molar-refractivity contribution in [1.82, 2.24) is 15.0 Å². The van der Waals surface area contributed by atoms with E-state index in [1.807, 2.05) is 12.1 Å². The first-order valence-corrected chi connectivity index (χ1v) is 16.7. The van der Waals surface area contributed by atoms with Gasteiger partial charge in [0.25, 0.3) is 0 Å². The molecule has 0 saturated carbocycles. The number of fused-ring (bicyclic) bond motifs is 1. The number of nitrogens with zero attached hydrogens (tertiary/aromatic N) is 3. The Hall–Kier alpha value is -5.14. The summed E-state index contributed by atoms with van der Waals surface area (Å²) < 4.78 is 112. The second kappa shape index (κ2) is 15.0. The lowest BCUT2D eigenvalue weighted by Gasteiger charge is -2.19. The van der Waals surface area contributed by atoms with Gasteiger partial charge in [-0.15, -0.1) is 0 Å². The van der Waals surface area contributed by atoms with Gasteiger partial charge in [0.1, 0.15) is 12.4 Å². The zero-order chi connectivity index (χ0) is 36.1. The van der Waals surface area contributed by atoms with E-state index in [0.29, 0.717) is 16.5 Å². The van der Waals surface area contributed by atoms with Crippen LogP contribution in [0.15, 0.2) is 121 Å². The number of nitrogens with one attached hydrogen (secondary N) is 1. The number of aromatic nitrogens is 3. The van der Waals surface area contributed by atoms with E-state index in [4.69, 9.17) is 13.6 Å². The van der Waals surface area contributed by atoms with E-state index >= 15 is 0 Å². The predicted octanol–water partition coefficient (Wildman–Crippen LogP) is 10.5. The van der Waals surface area contributed by atoms with Crippen molar-refractivity contribution in [2.24, 2.45) is 0 Å². The molecule has 262 valence electrons. The average molecular weight is 725 g/mol. The summed E-state index contributed by atoms with van der Waals surface area (Å²) in [5, 5.41) is 3.27. The molecule has 6 rings (SSSR count). The molecule has 1 N–H and O–H groups in total. The lowest BCUT2D eigenvalue weighted by molar-refractivity contribution is -0.138. The molecule has 0 unspecified atom stereocenters. The number of alkyl halides is 6. The van der Waals surface area contributed by atoms with Gasteiger partial charge in [0, 0.05) is 22.8 Å². The molecule has 0 bridgehead atoms. The van der Waals surface area contributed by atoms with Gasteiger partial charge in [0.05, 0.1) is 35.6 Å². The molecule has 4 aromatic carbocycles. The van der Waals surface area contributed by atoms with Gasteiger partial charge < -0.3 is 5.32 Å². The Bertz CT molecular complexity index is 2110. The molecular formula is C36H27F6N4O4P. The second-order valence-corrected chi connectivity index (χ2v) is 12.7. The highest BCUT2D eigenvalue weighted by molar-refractivity contribution is 7.48. The van der Waals surface area contributed by atoms with Crippen LogP contribution in [0.25, 0.3) is 22.2 Å². The molecule has 8 nitrogen and oxygen atoms in total. The van der Waals surface area contributed by atoms with Crippen molar-refractivity contribution >= 4 is 30.2 Å². The fraction of sp³-hybridized carbons (Fsp3) is 0.139. The van der Waals surface area contributed by atoms with Crippen molar-refractivity contribution < 1.29 is 44.5 Å². The maximum atomic E-state index is 13.9. The minimum absolute atomic E-state index is 0.0852. The molecule has 0 atom stereocenters. The monoisotopic (exact) mass is 724 g/mol. The van der Waals surface area contributed by atoms with Crippen LogP contribution in [0.2, 0.25) is 0 Å². The Labute approximate surface area is 287 Å². The first kappa shape index (κ1) is 35.7. The molecule has 2 heterocycles. The van der Waals surface area contributed by atoms with Crippen molar-refractivity contribution in [3.8, 4) is 11.3 Å². The van der Waals surface area contributed by atoms with Gasteiger partial charge in [-0.2, -0.15) is 26.3 Å². The maximum Gasteiger partial charge on any atom is 0.475 e. The Morgan fingerprint density at radius 2 is 1.25 bits per heavy atom. The van der Waals surface area contributed by atoms with Gasteiger partial charge in [0.15, 0.2) is 5.82 Å². The lowest BCUT2D eigenvalue weighted by Crippen LogP contribution is -2.08. The number of rotatable bonds is 12. The summed E-state index contributed by atoms with van der Waals surface area (Å²) in [5.41, 5.74) is -0.331. The second-order valence-electron chi connectivity index (χ2n) is 11.1. The summed E-state index contributed by atoms with van der Waals surface area (Å²) in [6.45, 7) is -0.789. The Morgan fingerprint density at radius 3 is 1.84 bits per heavy atom. The number of anilines is 2. The zero-order valence-corrected chi connectivity index (χ0v) is 27.3. The minimum Gasteiger partial charge on any atom is -0.340 e. The first-order chi connectivity index (χ1) is 24.4. The largest absolute Gasteiger partial charge is 0.475 e. The molecule has 0 saturated heterocycles. The van der Waals surface area contributed by atoms with Gasteiger partial charge in [-0.25, -0.2) is 14.5 Å². The third kappa shape index (κ3) is 9.16. The molecule has 0 radical (unpaired) electrons. The number of hydrogen-bond donors (Lipinski definition) is 1. The summed E-state index contributed by atoms with van der Waals surface area (Å²) >= 11 is 0. The Kier molecular flexibility index (Phi) is 10.5. The number of halogens is 6. The van der Waals surface area contributed by atoms with Crippen molar-refractivity contribution in [2.45, 2.75) is 32.2 Å². The highest BCUT2D eigenvalue weighted by Crippen LogP contribution is 2.51. The third-order valence-corrected chi connectivity index (χ3v) is 8.76. The lowest BCUT2D eigenvalue weighted by atomic mass is 10.0. The van der Waals surface area contributed by atoms with Crippen LogP contribution in [0, 0.1) is 0 Å². The fourth-order valence-electron chi connectivity index (χ4n) is 4.93. The van der Waals surface area contributed by atoms with Crippen molar-refractivity contribution in [1.29, 1.82) is 0 Å². The quantitative estimate of drug-likeness (QED) is 0.0985. The maximum absolute atomic E-state index is 13.9. The van der Waals surface area contributed by atoms with Crippen LogP contribution >= 0.6 is 7.82 Å². The van der Waals surface area contributed by atoms with E-state index in [1.165, 1.54) is 42.6 Å². The molecule has 0 amide bonds. The highest BCUT2D eigenvalue weighted by Gasteiger charge is 2.34. The molecule has 15 heteroatoms. The van der Waals surface area contributed by atoms with Crippen LogP contribution in [0.3, 0.4) is 0 Å². The molecule has 0 aliphatic heterocycles. The Balaban J connectivity index is 1.35. The van der Waals surface area contributed by atoms with Gasteiger partial charge in [-0.05, 0) is 59.7 Å². The summed E-state index contributed by atoms with van der Waals surface area (Å²) in [5.74, 6) is 0.00480. The van der Waals surface area contributed by atoms with Gasteiger partial charge in [-0.3, -0.25) is 18.6 Å². The van der Waals surface area contributed by atoms with E-state index < -0.39 is 37.9 Å². The molecule has 0 aliphatic carbocycles. The van der Waals surface area contributed by atoms with Crippen LogP contribution in [-0.2, 0) is 50.3 Å². The zero-order valence-electron chi connectivity index (χ0n) is 26.4. The molecule has 51 heavy (non-hydrogen) atoms. The molecule has 2 aromatic heterocycles. The minimum atomic E-state index is -4.70. The first-order valence-electron chi connectivity index (χ1n) is 15.3.